The van der Waals surface area contributed by atoms with Gasteiger partial charge in [-0.2, -0.15) is 0 Å². The Balaban J connectivity index is 1.85. The largest absolute Gasteiger partial charge is 0.378 e. The molecule has 1 saturated heterocycles. The van der Waals surface area contributed by atoms with Crippen molar-refractivity contribution >= 4 is 13.9 Å². The van der Waals surface area contributed by atoms with Crippen molar-refractivity contribution in [3.63, 3.8) is 0 Å². The Bertz CT molecular complexity index is 231. The zero-order chi connectivity index (χ0) is 13.2. The summed E-state index contributed by atoms with van der Waals surface area (Å²) in [7, 11) is 5.69. The zero-order valence-corrected chi connectivity index (χ0v) is 11.5. The molecule has 1 rings (SSSR count). The number of nitrogens with zero attached hydrogens (tertiary/aromatic N) is 1. The van der Waals surface area contributed by atoms with Gasteiger partial charge in [-0.1, -0.05) is 6.92 Å². The summed E-state index contributed by atoms with van der Waals surface area (Å²) in [4.78, 5) is 12.8. The maximum absolute atomic E-state index is 11.0. The first-order valence-corrected chi connectivity index (χ1v) is 7.10. The minimum atomic E-state index is 0.139. The van der Waals surface area contributed by atoms with E-state index < -0.39 is 0 Å². The molecule has 18 heavy (non-hydrogen) atoms. The van der Waals surface area contributed by atoms with Crippen LogP contribution in [0.3, 0.4) is 0 Å². The lowest BCUT2D eigenvalue weighted by molar-refractivity contribution is -0.120. The normalized spacial score (nSPS) is 17.8. The molecule has 5 heteroatoms. The van der Waals surface area contributed by atoms with Crippen LogP contribution in [0, 0.1) is 0 Å². The molecule has 4 nitrogen and oxygen atoms in total. The van der Waals surface area contributed by atoms with E-state index in [1.807, 2.05) is 11.7 Å². The van der Waals surface area contributed by atoms with Crippen LogP contribution in [0.15, 0.2) is 0 Å². The maximum atomic E-state index is 11.0. The van der Waals surface area contributed by atoms with Crippen molar-refractivity contribution in [3.8, 4) is 0 Å². The van der Waals surface area contributed by atoms with Crippen molar-refractivity contribution in [1.29, 1.82) is 0 Å². The lowest BCUT2D eigenvalue weighted by Crippen LogP contribution is -2.35. The number of ether oxygens (including phenoxy) is 1. The van der Waals surface area contributed by atoms with Crippen LogP contribution in [0.5, 0.6) is 0 Å². The van der Waals surface area contributed by atoms with Gasteiger partial charge in [0.25, 0.3) is 0 Å². The molecule has 0 aromatic heterocycles. The van der Waals surface area contributed by atoms with Crippen molar-refractivity contribution < 1.29 is 9.53 Å². The van der Waals surface area contributed by atoms with Gasteiger partial charge in [0.1, 0.15) is 0 Å². The average molecular weight is 252 g/mol. The molecule has 2 radical (unpaired) electrons. The highest BCUT2D eigenvalue weighted by Gasteiger charge is 2.15. The summed E-state index contributed by atoms with van der Waals surface area (Å²) < 4.78 is 5.81. The van der Waals surface area contributed by atoms with Gasteiger partial charge >= 0.3 is 0 Å². The van der Waals surface area contributed by atoms with E-state index in [0.717, 1.165) is 58.3 Å². The van der Waals surface area contributed by atoms with E-state index in [1.54, 1.807) is 0 Å². The first-order valence-electron chi connectivity index (χ1n) is 7.10. The first kappa shape index (κ1) is 15.5. The van der Waals surface area contributed by atoms with E-state index in [9.17, 15) is 4.79 Å². The van der Waals surface area contributed by atoms with E-state index in [4.69, 9.17) is 12.7 Å². The molecule has 0 aromatic carbocycles. The molecule has 1 aliphatic heterocycles. The highest BCUT2D eigenvalue weighted by Crippen LogP contribution is 2.12. The molecule has 1 aliphatic rings. The van der Waals surface area contributed by atoms with Crippen LogP contribution in [-0.4, -0.2) is 51.0 Å². The van der Waals surface area contributed by atoms with Crippen molar-refractivity contribution in [3.05, 3.63) is 0 Å². The third-order valence-electron chi connectivity index (χ3n) is 3.29. The highest BCUT2D eigenvalue weighted by molar-refractivity contribution is 6.04. The van der Waals surface area contributed by atoms with Crippen molar-refractivity contribution in [2.24, 2.45) is 0 Å². The quantitative estimate of drug-likeness (QED) is 0.522. The fourth-order valence-corrected chi connectivity index (χ4v) is 2.05. The molecule has 0 bridgehead atoms. The van der Waals surface area contributed by atoms with E-state index in [-0.39, 0.29) is 5.91 Å². The number of carbonyl (C=O) groups excluding carboxylic acids is 1. The highest BCUT2D eigenvalue weighted by atomic mass is 16.5. The molecule has 0 spiro atoms. The van der Waals surface area contributed by atoms with Crippen LogP contribution >= 0.6 is 0 Å². The first-order chi connectivity index (χ1) is 8.72. The van der Waals surface area contributed by atoms with Crippen LogP contribution in [0.25, 0.3) is 0 Å². The minimum absolute atomic E-state index is 0.139. The van der Waals surface area contributed by atoms with E-state index >= 15 is 0 Å². The smallest absolute Gasteiger partial charge is 0.219 e. The van der Waals surface area contributed by atoms with Crippen LogP contribution in [0.2, 0.25) is 0 Å². The number of piperidine rings is 1. The Morgan fingerprint density at radius 2 is 2.06 bits per heavy atom. The summed E-state index contributed by atoms with van der Waals surface area (Å²) in [6.45, 7) is 5.37. The lowest BCUT2D eigenvalue weighted by Gasteiger charge is -2.29. The minimum Gasteiger partial charge on any atom is -0.378 e. The molecule has 1 amide bonds. The molecule has 1 N–H and O–H groups in total. The van der Waals surface area contributed by atoms with Gasteiger partial charge in [0.2, 0.25) is 5.91 Å². The number of nitrogens with one attached hydrogen (secondary N) is 1. The van der Waals surface area contributed by atoms with Crippen LogP contribution in [-0.2, 0) is 9.53 Å². The Hall–Kier alpha value is -0.545. The summed E-state index contributed by atoms with van der Waals surface area (Å²) in [6.07, 6.45) is 6.28. The Morgan fingerprint density at radius 3 is 2.72 bits per heavy atom. The molecule has 1 fully saturated rings. The van der Waals surface area contributed by atoms with Gasteiger partial charge in [-0.15, -0.1) is 0 Å². The van der Waals surface area contributed by atoms with Crippen LogP contribution < -0.4 is 5.32 Å². The summed E-state index contributed by atoms with van der Waals surface area (Å²) in [5, 5.41) is 2.88. The number of hydrogen-bond acceptors (Lipinski definition) is 3. The number of rotatable bonds is 8. The van der Waals surface area contributed by atoms with Gasteiger partial charge < -0.3 is 14.9 Å². The fourth-order valence-electron chi connectivity index (χ4n) is 2.05. The fraction of sp³-hybridized carbons (Fsp3) is 0.923. The average Bonchev–Trinajstić information content (AvgIpc) is 2.39. The topological polar surface area (TPSA) is 41.6 Å². The van der Waals surface area contributed by atoms with Crippen molar-refractivity contribution in [2.45, 2.75) is 51.6 Å². The van der Waals surface area contributed by atoms with Gasteiger partial charge in [0, 0.05) is 19.6 Å². The van der Waals surface area contributed by atoms with Crippen LogP contribution in [0.1, 0.15) is 45.4 Å². The SMILES string of the molecule is [B]N1CCC(OCCCCCNC(=O)CC)CC1. The number of unbranched alkanes of at least 4 members (excludes halogenated alkanes) is 2. The molecular formula is C13H25BN2O2. The summed E-state index contributed by atoms with van der Waals surface area (Å²) in [5.74, 6) is 0.139. The van der Waals surface area contributed by atoms with E-state index in [1.165, 1.54) is 0 Å². The van der Waals surface area contributed by atoms with Crippen LogP contribution in [0.4, 0.5) is 0 Å². The second-order valence-electron chi connectivity index (χ2n) is 4.87. The predicted octanol–water partition coefficient (Wildman–Crippen LogP) is 1.25. The maximum Gasteiger partial charge on any atom is 0.219 e. The second kappa shape index (κ2) is 9.39. The van der Waals surface area contributed by atoms with Crippen molar-refractivity contribution in [2.75, 3.05) is 26.2 Å². The third-order valence-corrected chi connectivity index (χ3v) is 3.29. The Kier molecular flexibility index (Phi) is 8.10. The molecular weight excluding hydrogens is 227 g/mol. The molecule has 0 aliphatic carbocycles. The molecule has 0 unspecified atom stereocenters. The molecule has 1 heterocycles. The van der Waals surface area contributed by atoms with Crippen molar-refractivity contribution in [1.82, 2.24) is 10.1 Å². The molecule has 0 saturated carbocycles. The van der Waals surface area contributed by atoms with Gasteiger partial charge in [-0.05, 0) is 45.2 Å². The number of hydrogen-bond donors (Lipinski definition) is 1. The number of amides is 1. The summed E-state index contributed by atoms with van der Waals surface area (Å²) in [5.41, 5.74) is 0. The van der Waals surface area contributed by atoms with Gasteiger partial charge in [0.15, 0.2) is 7.98 Å². The summed E-state index contributed by atoms with van der Waals surface area (Å²) in [6, 6.07) is 0. The Morgan fingerprint density at radius 1 is 1.33 bits per heavy atom. The third kappa shape index (κ3) is 7.02. The molecule has 0 atom stereocenters. The van der Waals surface area contributed by atoms with E-state index in [0.29, 0.717) is 12.5 Å². The van der Waals surface area contributed by atoms with E-state index in [2.05, 4.69) is 5.32 Å². The Labute approximate surface area is 112 Å². The van der Waals surface area contributed by atoms with Gasteiger partial charge in [0.05, 0.1) is 6.10 Å². The van der Waals surface area contributed by atoms with Gasteiger partial charge in [-0.3, -0.25) is 4.79 Å². The molecule has 0 aromatic rings. The monoisotopic (exact) mass is 252 g/mol. The molecule has 102 valence electrons. The second-order valence-corrected chi connectivity index (χ2v) is 4.87. The lowest BCUT2D eigenvalue weighted by atomic mass is 10.0. The predicted molar refractivity (Wildman–Crippen MR) is 73.5 cm³/mol. The number of carbonyl (C=O) groups is 1. The van der Waals surface area contributed by atoms with Gasteiger partial charge in [-0.25, -0.2) is 0 Å². The zero-order valence-electron chi connectivity index (χ0n) is 11.5. The standard InChI is InChI=1S/C13H25BN2O2/c1-2-13(17)15-8-4-3-5-11-18-12-6-9-16(14)10-7-12/h12H,2-11H2,1H3,(H,15,17). The summed E-state index contributed by atoms with van der Waals surface area (Å²) >= 11 is 0.